The molecule has 0 radical (unpaired) electrons. The van der Waals surface area contributed by atoms with Crippen molar-refractivity contribution in [2.75, 3.05) is 19.7 Å². The van der Waals surface area contributed by atoms with Gasteiger partial charge in [-0.1, -0.05) is 42.0 Å². The smallest absolute Gasteiger partial charge is 0.0897 e. The summed E-state index contributed by atoms with van der Waals surface area (Å²) in [6.45, 7) is 2.29. The van der Waals surface area contributed by atoms with Crippen molar-refractivity contribution in [2.45, 2.75) is 32.0 Å². The second-order valence-electron chi connectivity index (χ2n) is 5.57. The monoisotopic (exact) mass is 309 g/mol. The molecule has 21 heavy (non-hydrogen) atoms. The molecule has 0 aliphatic heterocycles. The van der Waals surface area contributed by atoms with Crippen LogP contribution in [0, 0.1) is 5.92 Å². The number of hydrogen-bond donors (Lipinski definition) is 2. The molecule has 0 bridgehead atoms. The van der Waals surface area contributed by atoms with E-state index in [0.29, 0.717) is 30.7 Å². The van der Waals surface area contributed by atoms with Gasteiger partial charge in [-0.2, -0.15) is 0 Å². The molecule has 0 heterocycles. The van der Waals surface area contributed by atoms with E-state index >= 15 is 0 Å². The van der Waals surface area contributed by atoms with E-state index in [1.807, 2.05) is 24.3 Å². The molecule has 2 N–H and O–H groups in total. The zero-order valence-electron chi connectivity index (χ0n) is 12.3. The van der Waals surface area contributed by atoms with Gasteiger partial charge in [-0.3, -0.25) is 0 Å². The lowest BCUT2D eigenvalue weighted by Gasteiger charge is -2.19. The Balaban J connectivity index is 1.56. The van der Waals surface area contributed by atoms with E-state index in [0.717, 1.165) is 18.5 Å². The van der Waals surface area contributed by atoms with Gasteiger partial charge in [-0.25, -0.2) is 0 Å². The zero-order chi connectivity index (χ0) is 14.9. The minimum Gasteiger partial charge on any atom is -0.389 e. The van der Waals surface area contributed by atoms with Crippen molar-refractivity contribution < 1.29 is 9.84 Å². The Morgan fingerprint density at radius 2 is 2.19 bits per heavy atom. The molecule has 1 aromatic carbocycles. The fraction of sp³-hybridized carbons (Fsp3) is 0.529. The van der Waals surface area contributed by atoms with E-state index in [4.69, 9.17) is 16.3 Å². The van der Waals surface area contributed by atoms with Crippen LogP contribution in [-0.4, -0.2) is 30.9 Å². The van der Waals surface area contributed by atoms with E-state index in [1.54, 1.807) is 0 Å². The van der Waals surface area contributed by atoms with Gasteiger partial charge in [0.1, 0.15) is 0 Å². The average molecular weight is 310 g/mol. The quantitative estimate of drug-likeness (QED) is 0.725. The van der Waals surface area contributed by atoms with Crippen LogP contribution in [0.25, 0.3) is 0 Å². The van der Waals surface area contributed by atoms with E-state index in [1.165, 1.54) is 12.8 Å². The van der Waals surface area contributed by atoms with Crippen molar-refractivity contribution in [3.63, 3.8) is 0 Å². The van der Waals surface area contributed by atoms with Crippen LogP contribution >= 0.6 is 11.6 Å². The molecule has 0 spiro atoms. The molecule has 1 aliphatic rings. The minimum atomic E-state index is -0.480. The van der Waals surface area contributed by atoms with Gasteiger partial charge in [0, 0.05) is 11.6 Å². The molecule has 116 valence electrons. The van der Waals surface area contributed by atoms with Gasteiger partial charge in [0.05, 0.1) is 19.3 Å². The first-order valence-corrected chi connectivity index (χ1v) is 7.98. The van der Waals surface area contributed by atoms with Gasteiger partial charge in [-0.05, 0) is 43.4 Å². The first-order chi connectivity index (χ1) is 10.3. The number of benzene rings is 1. The van der Waals surface area contributed by atoms with Crippen LogP contribution < -0.4 is 5.32 Å². The van der Waals surface area contributed by atoms with Gasteiger partial charge in [0.25, 0.3) is 0 Å². The normalized spacial score (nSPS) is 19.6. The number of halogens is 1. The standard InChI is InChI=1S/C17H24ClNO2/c18-17-9-5-4-8-15(17)12-21-13-16(20)11-19-10-14-6-2-1-3-7-14/h1-2,4-5,8-9,14,16,19-20H,3,6-7,10-13H2. The van der Waals surface area contributed by atoms with Crippen molar-refractivity contribution in [3.8, 4) is 0 Å². The highest BCUT2D eigenvalue weighted by Gasteiger charge is 2.11. The van der Waals surface area contributed by atoms with Crippen molar-refractivity contribution in [3.05, 3.63) is 47.0 Å². The highest BCUT2D eigenvalue weighted by molar-refractivity contribution is 6.31. The predicted octanol–water partition coefficient (Wildman–Crippen LogP) is 3.16. The zero-order valence-corrected chi connectivity index (χ0v) is 13.1. The lowest BCUT2D eigenvalue weighted by molar-refractivity contribution is 0.0285. The first kappa shape index (κ1) is 16.5. The minimum absolute atomic E-state index is 0.322. The Morgan fingerprint density at radius 3 is 2.95 bits per heavy atom. The largest absolute Gasteiger partial charge is 0.389 e. The maximum absolute atomic E-state index is 9.89. The summed E-state index contributed by atoms with van der Waals surface area (Å²) in [5.74, 6) is 0.700. The number of nitrogens with one attached hydrogen (secondary N) is 1. The van der Waals surface area contributed by atoms with Crippen LogP contribution in [0.4, 0.5) is 0 Å². The van der Waals surface area contributed by atoms with E-state index in [-0.39, 0.29) is 0 Å². The van der Waals surface area contributed by atoms with Crippen LogP contribution in [0.3, 0.4) is 0 Å². The Kier molecular flexibility index (Phi) is 7.24. The van der Waals surface area contributed by atoms with E-state index in [9.17, 15) is 5.11 Å². The maximum atomic E-state index is 9.89. The molecule has 4 heteroatoms. The molecule has 2 rings (SSSR count). The summed E-state index contributed by atoms with van der Waals surface area (Å²) in [6, 6.07) is 7.60. The van der Waals surface area contributed by atoms with Gasteiger partial charge in [0.15, 0.2) is 0 Å². The molecule has 0 fully saturated rings. The number of ether oxygens (including phenoxy) is 1. The molecule has 2 atom stereocenters. The lowest BCUT2D eigenvalue weighted by atomic mass is 9.94. The Labute approximate surface area is 132 Å². The van der Waals surface area contributed by atoms with Crippen LogP contribution in [-0.2, 0) is 11.3 Å². The molecule has 2 unspecified atom stereocenters. The molecular formula is C17H24ClNO2. The van der Waals surface area contributed by atoms with Crippen molar-refractivity contribution in [1.82, 2.24) is 5.32 Å². The molecular weight excluding hydrogens is 286 g/mol. The van der Waals surface area contributed by atoms with Crippen LogP contribution in [0.15, 0.2) is 36.4 Å². The van der Waals surface area contributed by atoms with Crippen LogP contribution in [0.5, 0.6) is 0 Å². The Bertz CT molecular complexity index is 450. The fourth-order valence-electron chi connectivity index (χ4n) is 2.48. The highest BCUT2D eigenvalue weighted by Crippen LogP contribution is 2.17. The summed E-state index contributed by atoms with van der Waals surface area (Å²) in [7, 11) is 0. The summed E-state index contributed by atoms with van der Waals surface area (Å²) in [4.78, 5) is 0. The van der Waals surface area contributed by atoms with E-state index < -0.39 is 6.10 Å². The van der Waals surface area contributed by atoms with Crippen molar-refractivity contribution in [2.24, 2.45) is 5.92 Å². The molecule has 0 saturated carbocycles. The van der Waals surface area contributed by atoms with Crippen molar-refractivity contribution in [1.29, 1.82) is 0 Å². The Morgan fingerprint density at radius 1 is 1.33 bits per heavy atom. The van der Waals surface area contributed by atoms with Gasteiger partial charge >= 0.3 is 0 Å². The number of allylic oxidation sites excluding steroid dienone is 2. The molecule has 0 saturated heterocycles. The summed E-state index contributed by atoms with van der Waals surface area (Å²) >= 11 is 6.05. The third-order valence-electron chi connectivity index (χ3n) is 3.72. The average Bonchev–Trinajstić information content (AvgIpc) is 2.50. The first-order valence-electron chi connectivity index (χ1n) is 7.60. The second kappa shape index (κ2) is 9.21. The van der Waals surface area contributed by atoms with Crippen molar-refractivity contribution >= 4 is 11.6 Å². The fourth-order valence-corrected chi connectivity index (χ4v) is 2.67. The van der Waals surface area contributed by atoms with Gasteiger partial charge in [0.2, 0.25) is 0 Å². The SMILES string of the molecule is OC(CNCC1CC=CCC1)COCc1ccccc1Cl. The number of rotatable bonds is 8. The predicted molar refractivity (Wildman–Crippen MR) is 86.5 cm³/mol. The van der Waals surface area contributed by atoms with E-state index in [2.05, 4.69) is 17.5 Å². The number of aliphatic hydroxyl groups excluding tert-OH is 1. The maximum Gasteiger partial charge on any atom is 0.0897 e. The van der Waals surface area contributed by atoms with Crippen LogP contribution in [0.1, 0.15) is 24.8 Å². The summed E-state index contributed by atoms with van der Waals surface area (Å²) < 4.78 is 5.52. The third kappa shape index (κ3) is 6.18. The lowest BCUT2D eigenvalue weighted by Crippen LogP contribution is -2.33. The second-order valence-corrected chi connectivity index (χ2v) is 5.98. The summed E-state index contributed by atoms with van der Waals surface area (Å²) in [6.07, 6.45) is 7.57. The number of hydrogen-bond acceptors (Lipinski definition) is 3. The third-order valence-corrected chi connectivity index (χ3v) is 4.09. The molecule has 0 amide bonds. The topological polar surface area (TPSA) is 41.5 Å². The van der Waals surface area contributed by atoms with Gasteiger partial charge in [-0.15, -0.1) is 0 Å². The number of aliphatic hydroxyl groups is 1. The summed E-state index contributed by atoms with van der Waals surface area (Å²) in [5.41, 5.74) is 0.952. The van der Waals surface area contributed by atoms with Gasteiger partial charge < -0.3 is 15.2 Å². The molecule has 1 aliphatic carbocycles. The molecule has 0 aromatic heterocycles. The molecule has 3 nitrogen and oxygen atoms in total. The highest BCUT2D eigenvalue weighted by atomic mass is 35.5. The van der Waals surface area contributed by atoms with Crippen LogP contribution in [0.2, 0.25) is 5.02 Å². The summed E-state index contributed by atoms with van der Waals surface area (Å²) in [5, 5.41) is 13.9. The Hall–Kier alpha value is -0.870. The molecule has 1 aromatic rings.